The van der Waals surface area contributed by atoms with Crippen LogP contribution < -0.4 is 5.73 Å². The molecule has 0 aromatic carbocycles. The number of nitrogens with zero attached hydrogens (tertiary/aromatic N) is 6. The van der Waals surface area contributed by atoms with Crippen molar-refractivity contribution in [1.29, 1.82) is 0 Å². The van der Waals surface area contributed by atoms with E-state index < -0.39 is 0 Å². The Bertz CT molecular complexity index is 1240. The number of carbonyl (C=O) groups is 1. The van der Waals surface area contributed by atoms with E-state index in [2.05, 4.69) is 46.4 Å². The Labute approximate surface area is 199 Å². The minimum absolute atomic E-state index is 0.149. The summed E-state index contributed by atoms with van der Waals surface area (Å²) in [5.41, 5.74) is 13.2. The molecule has 2 aliphatic rings. The minimum Gasteiger partial charge on any atom is -0.368 e. The summed E-state index contributed by atoms with van der Waals surface area (Å²) in [6.45, 7) is 5.38. The predicted octanol–water partition coefficient (Wildman–Crippen LogP) is 3.83. The number of likely N-dealkylation sites (tertiary alicyclic amines) is 1. The minimum atomic E-state index is 0.149. The smallest absolute Gasteiger partial charge is 0.220 e. The Morgan fingerprint density at radius 2 is 1.97 bits per heavy atom. The largest absolute Gasteiger partial charge is 0.368 e. The molecule has 1 aliphatic heterocycles. The van der Waals surface area contributed by atoms with E-state index in [1.54, 1.807) is 6.92 Å². The second-order valence-corrected chi connectivity index (χ2v) is 9.19. The summed E-state index contributed by atoms with van der Waals surface area (Å²) >= 11 is 0. The summed E-state index contributed by atoms with van der Waals surface area (Å²) < 4.78 is 2.04. The van der Waals surface area contributed by atoms with E-state index in [0.717, 1.165) is 91.0 Å². The molecule has 2 N–H and O–H groups in total. The van der Waals surface area contributed by atoms with Crippen LogP contribution in [0.25, 0.3) is 16.7 Å². The first-order chi connectivity index (χ1) is 16.5. The van der Waals surface area contributed by atoms with Crippen LogP contribution in [0, 0.1) is 0 Å². The van der Waals surface area contributed by atoms with Crippen molar-refractivity contribution >= 4 is 17.4 Å². The van der Waals surface area contributed by atoms with E-state index in [0.29, 0.717) is 12.0 Å². The first kappa shape index (κ1) is 22.3. The summed E-state index contributed by atoms with van der Waals surface area (Å²) in [6, 6.07) is 4.56. The predicted molar refractivity (Wildman–Crippen MR) is 132 cm³/mol. The van der Waals surface area contributed by atoms with Crippen molar-refractivity contribution in [3.63, 3.8) is 0 Å². The number of nitrogens with two attached hydrogens (primary N) is 1. The lowest BCUT2D eigenvalue weighted by Gasteiger charge is -2.31. The van der Waals surface area contributed by atoms with Gasteiger partial charge in [0.05, 0.1) is 23.6 Å². The zero-order valence-corrected chi connectivity index (χ0v) is 19.9. The molecule has 5 rings (SSSR count). The maximum absolute atomic E-state index is 11.6. The first-order valence-corrected chi connectivity index (χ1v) is 12.1. The summed E-state index contributed by atoms with van der Waals surface area (Å²) in [5, 5.41) is 4.64. The molecule has 4 heterocycles. The van der Waals surface area contributed by atoms with E-state index in [-0.39, 0.29) is 5.91 Å². The number of hydrogen-bond acceptors (Lipinski definition) is 6. The number of piperidine rings is 1. The van der Waals surface area contributed by atoms with Crippen LogP contribution >= 0.6 is 0 Å². The topological polar surface area (TPSA) is 103 Å². The van der Waals surface area contributed by atoms with Crippen molar-refractivity contribution in [2.24, 2.45) is 0 Å². The van der Waals surface area contributed by atoms with Crippen molar-refractivity contribution in [3.05, 3.63) is 59.4 Å². The third-order valence-corrected chi connectivity index (χ3v) is 6.84. The number of amides is 1. The van der Waals surface area contributed by atoms with Gasteiger partial charge in [-0.2, -0.15) is 5.10 Å². The molecule has 0 bridgehead atoms. The van der Waals surface area contributed by atoms with Crippen LogP contribution in [0.4, 0.5) is 5.95 Å². The van der Waals surface area contributed by atoms with Crippen LogP contribution in [-0.2, 0) is 17.6 Å². The van der Waals surface area contributed by atoms with E-state index in [1.807, 2.05) is 22.0 Å². The lowest BCUT2D eigenvalue weighted by Crippen LogP contribution is -2.37. The Hall–Kier alpha value is -3.55. The highest BCUT2D eigenvalue weighted by molar-refractivity contribution is 5.84. The highest BCUT2D eigenvalue weighted by Gasteiger charge is 2.24. The van der Waals surface area contributed by atoms with Gasteiger partial charge in [0.1, 0.15) is 0 Å². The lowest BCUT2D eigenvalue weighted by molar-refractivity contribution is -0.130. The summed E-state index contributed by atoms with van der Waals surface area (Å²) in [7, 11) is 0. The third-order valence-electron chi connectivity index (χ3n) is 6.84. The van der Waals surface area contributed by atoms with Crippen LogP contribution in [0.2, 0.25) is 0 Å². The molecule has 176 valence electrons. The summed E-state index contributed by atoms with van der Waals surface area (Å²) in [5.74, 6) is 0.467. The Balaban J connectivity index is 1.38. The van der Waals surface area contributed by atoms with Gasteiger partial charge >= 0.3 is 0 Å². The number of nitrogen functional groups attached to an aromatic ring is 1. The van der Waals surface area contributed by atoms with Crippen LogP contribution in [0.1, 0.15) is 68.2 Å². The first-order valence-electron chi connectivity index (χ1n) is 12.1. The number of aromatic nitrogens is 5. The fraction of sp³-hybridized carbons (Fsp3) is 0.423. The number of allylic oxidation sites excluding steroid dienone is 1. The number of unbranched alkanes of at least 4 members (excludes halogenated alkanes) is 1. The molecule has 0 spiro atoms. The molecule has 0 saturated carbocycles. The Kier molecular flexibility index (Phi) is 6.13. The van der Waals surface area contributed by atoms with Gasteiger partial charge in [0.2, 0.25) is 11.9 Å². The normalized spacial score (nSPS) is 15.9. The molecule has 0 atom stereocenters. The number of rotatable bonds is 6. The van der Waals surface area contributed by atoms with Gasteiger partial charge in [-0.1, -0.05) is 19.4 Å². The highest BCUT2D eigenvalue weighted by Crippen LogP contribution is 2.34. The molecule has 3 aromatic heterocycles. The zero-order valence-electron chi connectivity index (χ0n) is 19.9. The van der Waals surface area contributed by atoms with Gasteiger partial charge in [-0.15, -0.1) is 0 Å². The van der Waals surface area contributed by atoms with Crippen LogP contribution in [0.15, 0.2) is 36.8 Å². The van der Waals surface area contributed by atoms with Gasteiger partial charge in [0.25, 0.3) is 0 Å². The summed E-state index contributed by atoms with van der Waals surface area (Å²) in [4.78, 5) is 27.2. The highest BCUT2D eigenvalue weighted by atomic mass is 16.2. The van der Waals surface area contributed by atoms with Gasteiger partial charge in [-0.05, 0) is 37.8 Å². The third kappa shape index (κ3) is 4.44. The van der Waals surface area contributed by atoms with Gasteiger partial charge in [0.15, 0.2) is 0 Å². The van der Waals surface area contributed by atoms with Crippen molar-refractivity contribution in [3.8, 4) is 11.1 Å². The molecule has 1 aliphatic carbocycles. The van der Waals surface area contributed by atoms with Crippen molar-refractivity contribution < 1.29 is 4.79 Å². The van der Waals surface area contributed by atoms with Gasteiger partial charge in [0, 0.05) is 66.8 Å². The van der Waals surface area contributed by atoms with Crippen LogP contribution in [-0.4, -0.2) is 48.6 Å². The molecule has 1 saturated heterocycles. The fourth-order valence-corrected chi connectivity index (χ4v) is 4.87. The molecular weight excluding hydrogens is 426 g/mol. The average molecular weight is 458 g/mol. The molecule has 3 aromatic rings. The van der Waals surface area contributed by atoms with Crippen LogP contribution in [0.3, 0.4) is 0 Å². The molecule has 0 radical (unpaired) electrons. The fourth-order valence-electron chi connectivity index (χ4n) is 4.87. The van der Waals surface area contributed by atoms with Gasteiger partial charge in [-0.3, -0.25) is 14.5 Å². The zero-order chi connectivity index (χ0) is 23.7. The van der Waals surface area contributed by atoms with Gasteiger partial charge < -0.3 is 10.6 Å². The van der Waals surface area contributed by atoms with E-state index in [9.17, 15) is 4.79 Å². The average Bonchev–Trinajstić information content (AvgIpc) is 3.49. The molecule has 8 nitrogen and oxygen atoms in total. The molecule has 0 unspecified atom stereocenters. The molecule has 8 heteroatoms. The molecule has 1 amide bonds. The van der Waals surface area contributed by atoms with Crippen molar-refractivity contribution in [2.45, 2.75) is 58.4 Å². The number of aryl methyl sites for hydroxylation is 1. The van der Waals surface area contributed by atoms with Crippen LogP contribution in [0.5, 0.6) is 0 Å². The lowest BCUT2D eigenvalue weighted by atomic mass is 10.0. The standard InChI is InChI=1S/C26H31N7O/c1-3-4-5-20-13-25(31-26(27)30-20)22-6-7-24-23(22)12-18(14-28-24)19-15-29-33(16-19)21-8-10-32(11-9-21)17(2)34/h6,12-16,21H,3-5,7-11H2,1-2H3,(H2,27,30,31). The van der Waals surface area contributed by atoms with Crippen molar-refractivity contribution in [2.75, 3.05) is 18.8 Å². The van der Waals surface area contributed by atoms with Gasteiger partial charge in [-0.25, -0.2) is 9.97 Å². The molecule has 1 fully saturated rings. The maximum atomic E-state index is 11.6. The SMILES string of the molecule is CCCCc1cc(C2=CCc3ncc(-c4cnn(C5CCN(C(C)=O)CC5)c4)cc32)nc(N)n1. The number of carbonyl (C=O) groups excluding carboxylic acids is 1. The molecular formula is C26H31N7O. The summed E-state index contributed by atoms with van der Waals surface area (Å²) in [6.07, 6.45) is 13.8. The Morgan fingerprint density at radius 1 is 1.15 bits per heavy atom. The maximum Gasteiger partial charge on any atom is 0.220 e. The Morgan fingerprint density at radius 3 is 2.74 bits per heavy atom. The molecule has 34 heavy (non-hydrogen) atoms. The number of pyridine rings is 1. The van der Waals surface area contributed by atoms with E-state index in [4.69, 9.17) is 10.7 Å². The quantitative estimate of drug-likeness (QED) is 0.603. The number of hydrogen-bond donors (Lipinski definition) is 1. The second-order valence-electron chi connectivity index (χ2n) is 9.19. The number of fused-ring (bicyclic) bond motifs is 1. The number of anilines is 1. The monoisotopic (exact) mass is 457 g/mol. The second kappa shape index (κ2) is 9.37. The van der Waals surface area contributed by atoms with Crippen molar-refractivity contribution in [1.82, 2.24) is 29.6 Å². The van der Waals surface area contributed by atoms with E-state index in [1.165, 1.54) is 0 Å². The van der Waals surface area contributed by atoms with E-state index >= 15 is 0 Å².